The van der Waals surface area contributed by atoms with Gasteiger partial charge in [-0.05, 0) is 86.6 Å². The van der Waals surface area contributed by atoms with Crippen molar-refractivity contribution < 1.29 is 152 Å². The second-order valence-electron chi connectivity index (χ2n) is 21.7. The monoisotopic (exact) mass is 1250 g/mol. The number of fused-ring (bicyclic) bond motifs is 20. The number of carbonyl (C=O) groups is 10. The van der Waals surface area contributed by atoms with Crippen molar-refractivity contribution in [3.63, 3.8) is 0 Å². The Hall–Kier alpha value is -3.66. The number of hydrogen-bond acceptors (Lipinski definition) is 22. The van der Waals surface area contributed by atoms with E-state index in [0.29, 0.717) is 11.8 Å². The Balaban J connectivity index is 0.000000481. The first-order chi connectivity index (χ1) is 36.8. The molecule has 83 heavy (non-hydrogen) atoms. The van der Waals surface area contributed by atoms with E-state index in [1.54, 1.807) is 0 Å². The molecule has 28 heteroatoms. The molecule has 10 fully saturated rings. The Bertz CT molecular complexity index is 2380. The van der Waals surface area contributed by atoms with Gasteiger partial charge in [0, 0.05) is 23.3 Å². The number of carboxylic acids is 2. The van der Waals surface area contributed by atoms with Crippen LogP contribution in [0.1, 0.15) is 81.1 Å². The average molecular weight is 1250 g/mol. The van der Waals surface area contributed by atoms with E-state index >= 15 is 0 Å². The molecule has 0 amide bonds. The molecule has 0 aromatic heterocycles. The Kier molecular flexibility index (Phi) is 30.2. The Morgan fingerprint density at radius 1 is 0.578 bits per heavy atom. The van der Waals surface area contributed by atoms with Gasteiger partial charge in [-0.25, -0.2) is 9.59 Å². The summed E-state index contributed by atoms with van der Waals surface area (Å²) in [6, 6.07) is 0. The number of methoxy groups -OCH3 is 2. The number of cyclic esters (lactones) is 5. The van der Waals surface area contributed by atoms with Crippen molar-refractivity contribution in [1.29, 1.82) is 0 Å². The van der Waals surface area contributed by atoms with Gasteiger partial charge in [0.15, 0.2) is 6.61 Å². The van der Waals surface area contributed by atoms with E-state index in [0.717, 1.165) is 25.7 Å². The normalized spacial score (nSPS) is 33.3. The minimum Gasteiger partial charge on any atom is -1.00 e. The maximum atomic E-state index is 11.6. The van der Waals surface area contributed by atoms with Crippen molar-refractivity contribution in [1.82, 2.24) is 0 Å². The Morgan fingerprint density at radius 2 is 0.916 bits per heavy atom. The molecule has 0 radical (unpaired) electrons. The summed E-state index contributed by atoms with van der Waals surface area (Å²) in [6.45, 7) is 20.9. The number of ether oxygens (including phenoxy) is 11. The van der Waals surface area contributed by atoms with Gasteiger partial charge >= 0.3 is 106 Å². The van der Waals surface area contributed by atoms with Crippen LogP contribution in [-0.4, -0.2) is 186 Å². The molecule has 0 aromatic rings. The molecule has 0 aromatic carbocycles. The van der Waals surface area contributed by atoms with Crippen LogP contribution >= 0.6 is 23.2 Å². The van der Waals surface area contributed by atoms with E-state index in [1.165, 1.54) is 28.1 Å². The first-order valence-electron chi connectivity index (χ1n) is 25.4. The predicted molar refractivity (Wildman–Crippen MR) is 282 cm³/mol. The Morgan fingerprint density at radius 3 is 1.23 bits per heavy atom. The van der Waals surface area contributed by atoms with Crippen LogP contribution in [0.5, 0.6) is 0 Å². The molecule has 16 atom stereocenters. The van der Waals surface area contributed by atoms with E-state index in [1.807, 2.05) is 59.8 Å². The molecule has 16 unspecified atom stereocenters. The quantitative estimate of drug-likeness (QED) is 0.0409. The van der Waals surface area contributed by atoms with Crippen LogP contribution in [0.3, 0.4) is 0 Å². The zero-order valence-electron chi connectivity index (χ0n) is 48.7. The fourth-order valence-corrected chi connectivity index (χ4v) is 11.9. The van der Waals surface area contributed by atoms with Gasteiger partial charge in [-0.3, -0.25) is 33.6 Å². The number of halogens is 3. The molecule has 12 aliphatic heterocycles. The van der Waals surface area contributed by atoms with Crippen LogP contribution < -0.4 is 47.1 Å². The van der Waals surface area contributed by atoms with E-state index in [4.69, 9.17) is 61.5 Å². The third-order valence-electron chi connectivity index (χ3n) is 15.1. The minimum atomic E-state index is -1.19. The first kappa shape index (κ1) is 77.3. The Labute approximate surface area is 537 Å². The number of carboxylic acid groups (broad SMARTS) is 2. The molecule has 0 spiro atoms. The summed E-state index contributed by atoms with van der Waals surface area (Å²) in [5, 5.41) is 17.1. The molecule has 10 saturated heterocycles. The van der Waals surface area contributed by atoms with Crippen LogP contribution in [0.2, 0.25) is 0 Å². The van der Waals surface area contributed by atoms with Crippen LogP contribution in [0.15, 0.2) is 48.6 Å². The average Bonchev–Trinajstić information content (AvgIpc) is 4.45. The van der Waals surface area contributed by atoms with Crippen LogP contribution in [0.25, 0.3) is 0 Å². The molecule has 1 N–H and O–H groups in total. The van der Waals surface area contributed by atoms with E-state index in [2.05, 4.69) is 38.2 Å². The van der Waals surface area contributed by atoms with Gasteiger partial charge in [0.25, 0.3) is 0 Å². The van der Waals surface area contributed by atoms with Crippen molar-refractivity contribution in [2.45, 2.75) is 147 Å². The smallest absolute Gasteiger partial charge is 1.00 e. The van der Waals surface area contributed by atoms with Gasteiger partial charge in [-0.1, -0.05) is 37.5 Å². The summed E-state index contributed by atoms with van der Waals surface area (Å²) in [4.78, 5) is 106. The molecule has 12 heterocycles. The van der Waals surface area contributed by atoms with Gasteiger partial charge in [-0.2, -0.15) is 0 Å². The van der Waals surface area contributed by atoms with Gasteiger partial charge in [-0.15, -0.1) is 23.2 Å². The first-order valence-corrected chi connectivity index (χ1v) is 26.5. The van der Waals surface area contributed by atoms with Gasteiger partial charge in [0.2, 0.25) is 0 Å². The van der Waals surface area contributed by atoms with Crippen LogP contribution in [0.4, 0.5) is 0 Å². The van der Waals surface area contributed by atoms with Crippen molar-refractivity contribution in [2.75, 3.05) is 32.6 Å². The molecule has 12 rings (SSSR count). The number of aliphatic carboxylic acids is 2. The van der Waals surface area contributed by atoms with Crippen molar-refractivity contribution >= 4 is 106 Å². The molecular weight excluding hydrogens is 1180 g/mol. The minimum absolute atomic E-state index is 0. The standard InChI is InChI=1S/2C10H14O3.C10H12O3.C8H6O4.C7H10O4.C4H6O2.C3H5ClO2.C2H3ClO2.CH3.ClH.Mg.Na/c3*1-10(2)8-6-4-3-5(12-6)7(8)9(11)13-10;9-7-5-3-1-2-4(11-3)6(5)8(10)12-7;1-5(2)7(9)11-4-6(8)10-3;1-3(2)4(5)6;1-6-3(5)2-4;3-1-2(4)5;;;;/h2*5-8H,3-4H2,1-2H3;3-8H,1-2H3;1-6H;1,4H2,2-3H3;1H2,2H3,(H,5,6);2H2,1H3;1H2,(H,4,5);1H3;1H;;/q;;;;;;;;-1;;+2;+1/p-2. The fraction of sp³-hybridized carbons (Fsp3) is 0.655. The molecule has 12 aliphatic rings. The second-order valence-corrected chi connectivity index (χ2v) is 22.3. The van der Waals surface area contributed by atoms with E-state index in [9.17, 15) is 53.1 Å². The third kappa shape index (κ3) is 18.2. The van der Waals surface area contributed by atoms with Crippen molar-refractivity contribution in [2.24, 2.45) is 47.3 Å². The van der Waals surface area contributed by atoms with Crippen molar-refractivity contribution in [3.05, 3.63) is 56.0 Å². The van der Waals surface area contributed by atoms with Gasteiger partial charge in [0.1, 0.15) is 40.4 Å². The molecule has 23 nitrogen and oxygen atoms in total. The largest absolute Gasteiger partial charge is 2.00 e. The third-order valence-corrected chi connectivity index (χ3v) is 15.6. The van der Waals surface area contributed by atoms with Crippen LogP contribution in [0, 0.1) is 54.8 Å². The van der Waals surface area contributed by atoms with Gasteiger partial charge < -0.3 is 86.9 Å². The summed E-state index contributed by atoms with van der Waals surface area (Å²) in [5.74, 6) is -5.01. The number of rotatable bonds is 6. The fourth-order valence-electron chi connectivity index (χ4n) is 11.8. The van der Waals surface area contributed by atoms with Crippen molar-refractivity contribution in [3.8, 4) is 0 Å². The second kappa shape index (κ2) is 32.4. The maximum absolute atomic E-state index is 11.6. The number of hydrogen-bond donors (Lipinski definition) is 1. The number of carbonyl (C=O) groups excluding carboxylic acids is 9. The summed E-state index contributed by atoms with van der Waals surface area (Å²) in [5.41, 5.74) is -0.640. The molecule has 8 bridgehead atoms. The summed E-state index contributed by atoms with van der Waals surface area (Å²) in [7, 11) is 2.52. The number of esters is 8. The summed E-state index contributed by atoms with van der Waals surface area (Å²) in [6.07, 6.45) is 12.5. The molecule has 0 saturated carbocycles. The number of alkyl halides is 2. The SMILES string of the molecule is C=C(C)C(=O)OCC(=O)OC.C=C(C)C(=O)[O-].CC1(C)OC(=O)C2C3C=CC(O3)C21.CC1(C)OC(=O)C2C3CCC(O3)C21.CC1(C)OC(=O)C2C3CCC(O3)C21.COC(=O)CCl.O=C(O)CCl.O=C1OC(=O)C2C3C=CC(O3)C12.[CH3-].[Cl-].[Mg+2].[Na+]. The molecule has 454 valence electrons. The zero-order chi connectivity index (χ0) is 59.2. The molecular formula is C55H72Cl3MgNaO23. The summed E-state index contributed by atoms with van der Waals surface area (Å²) < 4.78 is 55.9. The van der Waals surface area contributed by atoms with Gasteiger partial charge in [0.05, 0.1) is 86.8 Å². The maximum Gasteiger partial charge on any atom is 2.00 e. The molecule has 0 aliphatic carbocycles. The van der Waals surface area contributed by atoms with Crippen LogP contribution in [-0.2, 0) is 100 Å². The van der Waals surface area contributed by atoms with E-state index < -0.39 is 41.8 Å². The van der Waals surface area contributed by atoms with E-state index in [-0.39, 0.29) is 221 Å². The topological polar surface area (TPSA) is 316 Å². The predicted octanol–water partition coefficient (Wildman–Crippen LogP) is -2.86. The zero-order valence-corrected chi connectivity index (χ0v) is 54.4. The summed E-state index contributed by atoms with van der Waals surface area (Å²) >= 11 is 9.71.